The van der Waals surface area contributed by atoms with Crippen LogP contribution in [0.1, 0.15) is 15.9 Å². The number of rotatable bonds is 9. The predicted octanol–water partition coefficient (Wildman–Crippen LogP) is 3.39. The first-order chi connectivity index (χ1) is 13.9. The summed E-state index contributed by atoms with van der Waals surface area (Å²) in [6, 6.07) is 8.16. The molecule has 0 saturated heterocycles. The molecule has 154 valence electrons. The minimum atomic E-state index is -0.287. The fraction of sp³-hybridized carbons (Fsp3) is 0.238. The van der Waals surface area contributed by atoms with Gasteiger partial charge in [-0.15, -0.1) is 0 Å². The third-order valence-electron chi connectivity index (χ3n) is 3.99. The Morgan fingerprint density at radius 2 is 1.66 bits per heavy atom. The summed E-state index contributed by atoms with van der Waals surface area (Å²) in [5, 5.41) is 2.78. The summed E-state index contributed by atoms with van der Waals surface area (Å²) in [6.07, 6.45) is 3.03. The Morgan fingerprint density at radius 3 is 2.28 bits per heavy atom. The number of amides is 1. The SMILES string of the molecule is CNC(=O)COc1ccc(/C=C/C(=O)c2cc(Cl)c(OC)cc2OC)cc1OC. The van der Waals surface area contributed by atoms with Crippen LogP contribution in [-0.2, 0) is 4.79 Å². The summed E-state index contributed by atoms with van der Waals surface area (Å²) >= 11 is 6.12. The molecule has 0 heterocycles. The van der Waals surface area contributed by atoms with Crippen LogP contribution in [0.5, 0.6) is 23.0 Å². The van der Waals surface area contributed by atoms with Gasteiger partial charge < -0.3 is 24.3 Å². The van der Waals surface area contributed by atoms with E-state index in [9.17, 15) is 9.59 Å². The normalized spacial score (nSPS) is 10.5. The molecule has 0 saturated carbocycles. The van der Waals surface area contributed by atoms with Crippen LogP contribution in [0, 0.1) is 0 Å². The van der Waals surface area contributed by atoms with Crippen molar-refractivity contribution in [3.63, 3.8) is 0 Å². The van der Waals surface area contributed by atoms with Crippen LogP contribution in [0.4, 0.5) is 0 Å². The maximum atomic E-state index is 12.6. The smallest absolute Gasteiger partial charge is 0.257 e. The first-order valence-corrected chi connectivity index (χ1v) is 8.96. The quantitative estimate of drug-likeness (QED) is 0.495. The first kappa shape index (κ1) is 22.1. The maximum Gasteiger partial charge on any atom is 0.257 e. The van der Waals surface area contributed by atoms with E-state index >= 15 is 0 Å². The van der Waals surface area contributed by atoms with E-state index in [4.69, 9.17) is 30.5 Å². The molecule has 0 aliphatic heterocycles. The van der Waals surface area contributed by atoms with Crippen molar-refractivity contribution in [2.75, 3.05) is 35.0 Å². The van der Waals surface area contributed by atoms with Crippen molar-refractivity contribution >= 4 is 29.4 Å². The number of halogens is 1. The number of hydrogen-bond acceptors (Lipinski definition) is 6. The molecule has 0 fully saturated rings. The highest BCUT2D eigenvalue weighted by atomic mass is 35.5. The number of benzene rings is 2. The second kappa shape index (κ2) is 10.4. The van der Waals surface area contributed by atoms with Gasteiger partial charge in [0, 0.05) is 13.1 Å². The van der Waals surface area contributed by atoms with Crippen molar-refractivity contribution in [3.8, 4) is 23.0 Å². The van der Waals surface area contributed by atoms with Gasteiger partial charge in [-0.25, -0.2) is 0 Å². The summed E-state index contributed by atoms with van der Waals surface area (Å²) in [6.45, 7) is -0.126. The third-order valence-corrected chi connectivity index (χ3v) is 4.29. The van der Waals surface area contributed by atoms with E-state index < -0.39 is 0 Å². The summed E-state index contributed by atoms with van der Waals surface area (Å²) in [5.74, 6) is 1.09. The summed E-state index contributed by atoms with van der Waals surface area (Å²) in [4.78, 5) is 23.9. The molecule has 0 aliphatic carbocycles. The predicted molar refractivity (Wildman–Crippen MR) is 110 cm³/mol. The molecule has 7 nitrogen and oxygen atoms in total. The average Bonchev–Trinajstić information content (AvgIpc) is 2.75. The van der Waals surface area contributed by atoms with E-state index in [-0.39, 0.29) is 18.3 Å². The monoisotopic (exact) mass is 419 g/mol. The lowest BCUT2D eigenvalue weighted by molar-refractivity contribution is -0.122. The zero-order valence-electron chi connectivity index (χ0n) is 16.6. The van der Waals surface area contributed by atoms with E-state index in [2.05, 4.69) is 5.32 Å². The van der Waals surface area contributed by atoms with Gasteiger partial charge in [0.15, 0.2) is 23.9 Å². The van der Waals surface area contributed by atoms with Gasteiger partial charge in [-0.2, -0.15) is 0 Å². The highest BCUT2D eigenvalue weighted by molar-refractivity contribution is 6.32. The molecule has 0 atom stereocenters. The summed E-state index contributed by atoms with van der Waals surface area (Å²) in [5.41, 5.74) is 1.02. The largest absolute Gasteiger partial charge is 0.496 e. The molecule has 0 unspecified atom stereocenters. The molecule has 1 N–H and O–H groups in total. The Bertz CT molecular complexity index is 926. The maximum absolute atomic E-state index is 12.6. The summed E-state index contributed by atoms with van der Waals surface area (Å²) < 4.78 is 21.1. The van der Waals surface area contributed by atoms with Crippen molar-refractivity contribution in [1.29, 1.82) is 0 Å². The van der Waals surface area contributed by atoms with Gasteiger partial charge in [0.1, 0.15) is 11.5 Å². The highest BCUT2D eigenvalue weighted by Gasteiger charge is 2.15. The fourth-order valence-corrected chi connectivity index (χ4v) is 2.68. The van der Waals surface area contributed by atoms with Gasteiger partial charge >= 0.3 is 0 Å². The standard InChI is InChI=1S/C21H22ClNO6/c1-23-21(25)12-29-17-8-6-13(9-20(17)28-4)5-7-16(24)14-10-15(22)19(27-3)11-18(14)26-2/h5-11H,12H2,1-4H3,(H,23,25)/b7-5+. The molecule has 8 heteroatoms. The van der Waals surface area contributed by atoms with E-state index in [1.807, 2.05) is 0 Å². The highest BCUT2D eigenvalue weighted by Crippen LogP contribution is 2.33. The lowest BCUT2D eigenvalue weighted by Crippen LogP contribution is -2.24. The number of hydrogen-bond donors (Lipinski definition) is 1. The third kappa shape index (κ3) is 5.65. The van der Waals surface area contributed by atoms with Crippen molar-refractivity contribution in [2.24, 2.45) is 0 Å². The molecule has 2 aromatic carbocycles. The molecular formula is C21H22ClNO6. The molecule has 0 aliphatic rings. The number of ketones is 1. The lowest BCUT2D eigenvalue weighted by atomic mass is 10.1. The zero-order chi connectivity index (χ0) is 21.4. The first-order valence-electron chi connectivity index (χ1n) is 8.58. The van der Waals surface area contributed by atoms with E-state index in [1.165, 1.54) is 40.5 Å². The second-order valence-electron chi connectivity index (χ2n) is 5.76. The van der Waals surface area contributed by atoms with Gasteiger partial charge in [0.2, 0.25) is 0 Å². The van der Waals surface area contributed by atoms with Crippen LogP contribution < -0.4 is 24.3 Å². The van der Waals surface area contributed by atoms with Crippen molar-refractivity contribution in [2.45, 2.75) is 0 Å². The number of ether oxygens (including phenoxy) is 4. The topological polar surface area (TPSA) is 83.1 Å². The van der Waals surface area contributed by atoms with E-state index in [1.54, 1.807) is 30.3 Å². The van der Waals surface area contributed by atoms with Crippen molar-refractivity contribution in [1.82, 2.24) is 5.32 Å². The van der Waals surface area contributed by atoms with E-state index in [0.29, 0.717) is 39.1 Å². The van der Waals surface area contributed by atoms with Gasteiger partial charge in [-0.1, -0.05) is 23.7 Å². The number of allylic oxidation sites excluding steroid dienone is 1. The van der Waals surface area contributed by atoms with Gasteiger partial charge in [-0.05, 0) is 29.8 Å². The number of nitrogens with one attached hydrogen (secondary N) is 1. The molecular weight excluding hydrogens is 398 g/mol. The molecule has 1 amide bonds. The molecule has 29 heavy (non-hydrogen) atoms. The Labute approximate surface area is 174 Å². The fourth-order valence-electron chi connectivity index (χ4n) is 2.44. The van der Waals surface area contributed by atoms with Gasteiger partial charge in [-0.3, -0.25) is 9.59 Å². The Balaban J connectivity index is 2.22. The Kier molecular flexibility index (Phi) is 7.91. The van der Waals surface area contributed by atoms with Crippen LogP contribution in [-0.4, -0.2) is 46.7 Å². The van der Waals surface area contributed by atoms with Crippen LogP contribution in [0.15, 0.2) is 36.4 Å². The van der Waals surface area contributed by atoms with Gasteiger partial charge in [0.05, 0.1) is 31.9 Å². The van der Waals surface area contributed by atoms with Crippen LogP contribution in [0.2, 0.25) is 5.02 Å². The van der Waals surface area contributed by atoms with Crippen LogP contribution in [0.25, 0.3) is 6.08 Å². The van der Waals surface area contributed by atoms with Crippen molar-refractivity contribution in [3.05, 3.63) is 52.6 Å². The molecule has 0 bridgehead atoms. The Morgan fingerprint density at radius 1 is 0.966 bits per heavy atom. The lowest BCUT2D eigenvalue weighted by Gasteiger charge is -2.11. The minimum Gasteiger partial charge on any atom is -0.496 e. The number of carbonyl (C=O) groups excluding carboxylic acids is 2. The van der Waals surface area contributed by atoms with Gasteiger partial charge in [0.25, 0.3) is 5.91 Å². The molecule has 0 aromatic heterocycles. The minimum absolute atomic E-state index is 0.126. The molecule has 2 aromatic rings. The number of likely N-dealkylation sites (N-methyl/N-ethyl adjacent to an activating group) is 1. The molecule has 2 rings (SSSR count). The Hall–Kier alpha value is -3.19. The zero-order valence-corrected chi connectivity index (χ0v) is 17.3. The van der Waals surface area contributed by atoms with Crippen molar-refractivity contribution < 1.29 is 28.5 Å². The second-order valence-corrected chi connectivity index (χ2v) is 6.16. The van der Waals surface area contributed by atoms with Crippen LogP contribution >= 0.6 is 11.6 Å². The summed E-state index contributed by atoms with van der Waals surface area (Å²) in [7, 11) is 5.97. The van der Waals surface area contributed by atoms with Crippen LogP contribution in [0.3, 0.4) is 0 Å². The molecule has 0 spiro atoms. The number of carbonyl (C=O) groups is 2. The van der Waals surface area contributed by atoms with E-state index in [0.717, 1.165) is 0 Å². The molecule has 0 radical (unpaired) electrons. The average molecular weight is 420 g/mol. The number of methoxy groups -OCH3 is 3.